The van der Waals surface area contributed by atoms with Crippen molar-refractivity contribution in [3.05, 3.63) is 35.3 Å². The van der Waals surface area contributed by atoms with E-state index in [-0.39, 0.29) is 5.91 Å². The minimum atomic E-state index is -0.452. The average Bonchev–Trinajstić information content (AvgIpc) is 2.84. The summed E-state index contributed by atoms with van der Waals surface area (Å²) in [6.07, 6.45) is 0. The Kier molecular flexibility index (Phi) is 4.34. The van der Waals surface area contributed by atoms with E-state index in [0.29, 0.717) is 11.7 Å². The van der Waals surface area contributed by atoms with Crippen molar-refractivity contribution < 1.29 is 9.53 Å². The number of rotatable bonds is 4. The van der Waals surface area contributed by atoms with Crippen molar-refractivity contribution in [2.45, 2.75) is 27.4 Å². The number of para-hydroxylation sites is 1. The van der Waals surface area contributed by atoms with Crippen LogP contribution < -0.4 is 10.1 Å². The van der Waals surface area contributed by atoms with Gasteiger partial charge in [-0.3, -0.25) is 4.79 Å². The van der Waals surface area contributed by atoms with E-state index in [1.54, 1.807) is 0 Å². The minimum absolute atomic E-state index is 0.0795. The predicted octanol–water partition coefficient (Wildman–Crippen LogP) is 3.10. The highest BCUT2D eigenvalue weighted by Crippen LogP contribution is 2.21. The van der Waals surface area contributed by atoms with Crippen LogP contribution in [-0.4, -0.2) is 16.1 Å². The molecule has 1 aromatic heterocycles. The zero-order valence-corrected chi connectivity index (χ0v) is 12.5. The molecule has 1 N–H and O–H groups in total. The number of anilines is 1. The number of aromatic nitrogens is 2. The lowest BCUT2D eigenvalue weighted by Gasteiger charge is -2.15. The largest absolute Gasteiger partial charge is 0.486 e. The molecule has 2 rings (SSSR count). The number of carbonyl (C=O) groups excluding carboxylic acids is 1. The molecule has 1 amide bonds. The summed E-state index contributed by atoms with van der Waals surface area (Å²) < 4.78 is 5.57. The van der Waals surface area contributed by atoms with Crippen molar-refractivity contribution in [3.8, 4) is 5.75 Å². The number of nitrogens with zero attached hydrogens (tertiary/aromatic N) is 2. The van der Waals surface area contributed by atoms with Crippen LogP contribution in [0.4, 0.5) is 5.13 Å². The number of benzene rings is 1. The lowest BCUT2D eigenvalue weighted by molar-refractivity contribution is -0.123. The minimum Gasteiger partial charge on any atom is -0.486 e. The number of carbonyl (C=O) groups is 1. The van der Waals surface area contributed by atoms with Crippen LogP contribution in [0, 0.1) is 5.41 Å². The normalized spacial score (nSPS) is 11.2. The van der Waals surface area contributed by atoms with Crippen LogP contribution in [0.15, 0.2) is 30.3 Å². The second-order valence-corrected chi connectivity index (χ2v) is 6.37. The Balaban J connectivity index is 1.91. The Bertz CT molecular complexity index is 576. The first-order chi connectivity index (χ1) is 9.45. The van der Waals surface area contributed by atoms with Gasteiger partial charge in [-0.05, 0) is 12.1 Å². The fourth-order valence-corrected chi connectivity index (χ4v) is 1.96. The Morgan fingerprint density at radius 3 is 2.60 bits per heavy atom. The van der Waals surface area contributed by atoms with E-state index >= 15 is 0 Å². The maximum atomic E-state index is 11.8. The van der Waals surface area contributed by atoms with E-state index in [1.165, 1.54) is 11.3 Å². The lowest BCUT2D eigenvalue weighted by Crippen LogP contribution is -2.27. The molecule has 0 radical (unpaired) electrons. The standard InChI is InChI=1S/C14H17N3O2S/c1-14(2,3)12(18)15-13-17-16-11(20-13)9-19-10-7-5-4-6-8-10/h4-8H,9H2,1-3H3,(H,15,17,18). The van der Waals surface area contributed by atoms with Gasteiger partial charge in [-0.25, -0.2) is 0 Å². The van der Waals surface area contributed by atoms with Crippen LogP contribution in [-0.2, 0) is 11.4 Å². The highest BCUT2D eigenvalue weighted by atomic mass is 32.1. The SMILES string of the molecule is CC(C)(C)C(=O)Nc1nnc(COc2ccccc2)s1. The highest BCUT2D eigenvalue weighted by molar-refractivity contribution is 7.15. The maximum absolute atomic E-state index is 11.8. The first kappa shape index (κ1) is 14.5. The number of amides is 1. The van der Waals surface area contributed by atoms with E-state index in [2.05, 4.69) is 15.5 Å². The summed E-state index contributed by atoms with van der Waals surface area (Å²) in [6, 6.07) is 9.50. The second kappa shape index (κ2) is 6.00. The Morgan fingerprint density at radius 2 is 1.95 bits per heavy atom. The maximum Gasteiger partial charge on any atom is 0.231 e. The van der Waals surface area contributed by atoms with Crippen LogP contribution in [0.5, 0.6) is 5.75 Å². The van der Waals surface area contributed by atoms with Gasteiger partial charge in [0.2, 0.25) is 11.0 Å². The Labute approximate surface area is 122 Å². The Hall–Kier alpha value is -1.95. The highest BCUT2D eigenvalue weighted by Gasteiger charge is 2.22. The van der Waals surface area contributed by atoms with Crippen LogP contribution >= 0.6 is 11.3 Å². The molecule has 20 heavy (non-hydrogen) atoms. The van der Waals surface area contributed by atoms with Crippen LogP contribution in [0.25, 0.3) is 0 Å². The van der Waals surface area contributed by atoms with Crippen molar-refractivity contribution in [2.75, 3.05) is 5.32 Å². The van der Waals surface area contributed by atoms with Gasteiger partial charge in [-0.1, -0.05) is 50.3 Å². The monoisotopic (exact) mass is 291 g/mol. The molecule has 1 heterocycles. The summed E-state index contributed by atoms with van der Waals surface area (Å²) in [6.45, 7) is 5.89. The first-order valence-electron chi connectivity index (χ1n) is 6.27. The zero-order valence-electron chi connectivity index (χ0n) is 11.7. The fraction of sp³-hybridized carbons (Fsp3) is 0.357. The molecule has 6 heteroatoms. The van der Waals surface area contributed by atoms with Crippen molar-refractivity contribution in [3.63, 3.8) is 0 Å². The van der Waals surface area contributed by atoms with Gasteiger partial charge in [0.05, 0.1) is 0 Å². The van der Waals surface area contributed by atoms with Crippen molar-refractivity contribution in [1.29, 1.82) is 0 Å². The molecule has 0 unspecified atom stereocenters. The third-order valence-electron chi connectivity index (χ3n) is 2.47. The molecule has 0 atom stereocenters. The predicted molar refractivity (Wildman–Crippen MR) is 78.8 cm³/mol. The van der Waals surface area contributed by atoms with E-state index in [1.807, 2.05) is 51.1 Å². The van der Waals surface area contributed by atoms with Crippen LogP contribution in [0.3, 0.4) is 0 Å². The van der Waals surface area contributed by atoms with Gasteiger partial charge in [-0.2, -0.15) is 0 Å². The molecule has 2 aromatic rings. The van der Waals surface area contributed by atoms with Gasteiger partial charge >= 0.3 is 0 Å². The summed E-state index contributed by atoms with van der Waals surface area (Å²) in [7, 11) is 0. The summed E-state index contributed by atoms with van der Waals surface area (Å²) in [4.78, 5) is 11.8. The van der Waals surface area contributed by atoms with Crippen LogP contribution in [0.2, 0.25) is 0 Å². The van der Waals surface area contributed by atoms with E-state index in [4.69, 9.17) is 4.74 Å². The van der Waals surface area contributed by atoms with Gasteiger partial charge in [0.25, 0.3) is 0 Å². The fourth-order valence-electron chi connectivity index (χ4n) is 1.31. The first-order valence-corrected chi connectivity index (χ1v) is 7.08. The van der Waals surface area contributed by atoms with E-state index in [9.17, 15) is 4.79 Å². The van der Waals surface area contributed by atoms with Crippen molar-refractivity contribution >= 4 is 22.4 Å². The summed E-state index contributed by atoms with van der Waals surface area (Å²) in [5.74, 6) is 0.701. The molecule has 0 aliphatic heterocycles. The number of nitrogens with one attached hydrogen (secondary N) is 1. The molecule has 0 aliphatic rings. The zero-order chi connectivity index (χ0) is 14.6. The Morgan fingerprint density at radius 1 is 1.25 bits per heavy atom. The molecule has 0 aliphatic carbocycles. The van der Waals surface area contributed by atoms with Crippen molar-refractivity contribution in [1.82, 2.24) is 10.2 Å². The molecular formula is C14H17N3O2S. The van der Waals surface area contributed by atoms with Gasteiger partial charge in [0.1, 0.15) is 12.4 Å². The molecule has 0 spiro atoms. The lowest BCUT2D eigenvalue weighted by atomic mass is 9.96. The molecule has 1 aromatic carbocycles. The third kappa shape index (κ3) is 4.03. The number of ether oxygens (including phenoxy) is 1. The molecule has 106 valence electrons. The molecule has 0 saturated carbocycles. The van der Waals surface area contributed by atoms with Gasteiger partial charge in [0, 0.05) is 5.41 Å². The molecular weight excluding hydrogens is 274 g/mol. The summed E-state index contributed by atoms with van der Waals surface area (Å²) >= 11 is 1.32. The molecule has 5 nitrogen and oxygen atoms in total. The molecule has 0 bridgehead atoms. The van der Waals surface area contributed by atoms with E-state index in [0.717, 1.165) is 10.8 Å². The van der Waals surface area contributed by atoms with Gasteiger partial charge < -0.3 is 10.1 Å². The smallest absolute Gasteiger partial charge is 0.231 e. The third-order valence-corrected chi connectivity index (χ3v) is 3.29. The van der Waals surface area contributed by atoms with E-state index < -0.39 is 5.41 Å². The van der Waals surface area contributed by atoms with Gasteiger partial charge in [0.15, 0.2) is 5.01 Å². The quantitative estimate of drug-likeness (QED) is 0.940. The van der Waals surface area contributed by atoms with Crippen LogP contribution in [0.1, 0.15) is 25.8 Å². The molecule has 0 fully saturated rings. The topological polar surface area (TPSA) is 64.1 Å². The number of hydrogen-bond acceptors (Lipinski definition) is 5. The summed E-state index contributed by atoms with van der Waals surface area (Å²) in [5.41, 5.74) is -0.452. The van der Waals surface area contributed by atoms with Gasteiger partial charge in [-0.15, -0.1) is 10.2 Å². The average molecular weight is 291 g/mol. The second-order valence-electron chi connectivity index (χ2n) is 5.31. The molecule has 0 saturated heterocycles. The van der Waals surface area contributed by atoms with Crippen molar-refractivity contribution in [2.24, 2.45) is 5.41 Å². The summed E-state index contributed by atoms with van der Waals surface area (Å²) in [5, 5.41) is 11.9. The number of hydrogen-bond donors (Lipinski definition) is 1.